The summed E-state index contributed by atoms with van der Waals surface area (Å²) < 4.78 is 10.4. The lowest BCUT2D eigenvalue weighted by molar-refractivity contribution is 0.0752. The predicted molar refractivity (Wildman–Crippen MR) is 85.0 cm³/mol. The first kappa shape index (κ1) is 16.1. The Morgan fingerprint density at radius 3 is 2.59 bits per heavy atom. The van der Waals surface area contributed by atoms with Crippen LogP contribution in [0.3, 0.4) is 0 Å². The van der Waals surface area contributed by atoms with E-state index in [2.05, 4.69) is 12.1 Å². The Bertz CT molecular complexity index is 605. The van der Waals surface area contributed by atoms with Crippen molar-refractivity contribution in [3.8, 4) is 17.1 Å². The van der Waals surface area contributed by atoms with Crippen LogP contribution in [0, 0.1) is 0 Å². The zero-order chi connectivity index (χ0) is 15.9. The van der Waals surface area contributed by atoms with Crippen LogP contribution in [0.2, 0.25) is 0 Å². The molecule has 0 N–H and O–H groups in total. The van der Waals surface area contributed by atoms with Crippen molar-refractivity contribution in [1.29, 1.82) is 0 Å². The molecule has 0 aliphatic heterocycles. The molecule has 0 aliphatic carbocycles. The van der Waals surface area contributed by atoms with Crippen LogP contribution >= 0.6 is 0 Å². The molecule has 0 unspecified atom stereocenters. The Morgan fingerprint density at radius 1 is 1.27 bits per heavy atom. The van der Waals surface area contributed by atoms with E-state index in [1.807, 2.05) is 31.2 Å². The van der Waals surface area contributed by atoms with E-state index < -0.39 is 0 Å². The molecule has 5 nitrogen and oxygen atoms in total. The molecule has 0 spiro atoms. The Kier molecular flexibility index (Phi) is 5.58. The minimum Gasteiger partial charge on any atom is -0.497 e. The number of carbonyl (C=O) groups excluding carboxylic acids is 1. The molecule has 0 aliphatic rings. The smallest absolute Gasteiger partial charge is 0.276 e. The summed E-state index contributed by atoms with van der Waals surface area (Å²) in [5, 5.41) is 3.91. The fourth-order valence-electron chi connectivity index (χ4n) is 2.18. The van der Waals surface area contributed by atoms with Crippen molar-refractivity contribution in [3.63, 3.8) is 0 Å². The van der Waals surface area contributed by atoms with Crippen LogP contribution < -0.4 is 4.74 Å². The molecule has 0 radical (unpaired) electrons. The quantitative estimate of drug-likeness (QED) is 0.784. The van der Waals surface area contributed by atoms with Gasteiger partial charge >= 0.3 is 0 Å². The molecule has 0 bridgehead atoms. The van der Waals surface area contributed by atoms with E-state index in [0.717, 1.165) is 30.7 Å². The molecular formula is C17H22N2O3. The maximum absolute atomic E-state index is 12.4. The van der Waals surface area contributed by atoms with E-state index >= 15 is 0 Å². The van der Waals surface area contributed by atoms with E-state index in [1.165, 1.54) is 0 Å². The van der Waals surface area contributed by atoms with E-state index in [0.29, 0.717) is 18.0 Å². The number of carbonyl (C=O) groups is 1. The number of nitrogens with zero attached hydrogens (tertiary/aromatic N) is 2. The van der Waals surface area contributed by atoms with Gasteiger partial charge in [-0.05, 0) is 37.6 Å². The van der Waals surface area contributed by atoms with Gasteiger partial charge in [0.05, 0.1) is 7.11 Å². The average Bonchev–Trinajstić information content (AvgIpc) is 3.05. The number of ether oxygens (including phenoxy) is 1. The van der Waals surface area contributed by atoms with E-state index in [-0.39, 0.29) is 5.91 Å². The lowest BCUT2D eigenvalue weighted by Gasteiger charge is -2.18. The Hall–Kier alpha value is -2.30. The van der Waals surface area contributed by atoms with E-state index in [9.17, 15) is 4.79 Å². The van der Waals surface area contributed by atoms with Gasteiger partial charge in [-0.2, -0.15) is 0 Å². The third-order valence-corrected chi connectivity index (χ3v) is 3.55. The van der Waals surface area contributed by atoms with Crippen LogP contribution in [-0.2, 0) is 0 Å². The zero-order valence-corrected chi connectivity index (χ0v) is 13.3. The minimum atomic E-state index is -0.0838. The lowest BCUT2D eigenvalue weighted by Crippen LogP contribution is -2.31. The highest BCUT2D eigenvalue weighted by atomic mass is 16.5. The highest BCUT2D eigenvalue weighted by Crippen LogP contribution is 2.23. The largest absolute Gasteiger partial charge is 0.497 e. The molecule has 1 aromatic heterocycles. The number of amides is 1. The van der Waals surface area contributed by atoms with Gasteiger partial charge in [0.2, 0.25) is 0 Å². The molecule has 0 atom stereocenters. The number of hydrogen-bond donors (Lipinski definition) is 0. The summed E-state index contributed by atoms with van der Waals surface area (Å²) in [6.07, 6.45) is 2.04. The maximum atomic E-state index is 12.4. The molecule has 5 heteroatoms. The SMILES string of the molecule is CCCCN(CC)C(=O)c1cc(-c2ccc(OC)cc2)on1. The molecule has 1 amide bonds. The van der Waals surface area contributed by atoms with Gasteiger partial charge in [0.15, 0.2) is 11.5 Å². The lowest BCUT2D eigenvalue weighted by atomic mass is 10.1. The fraction of sp³-hybridized carbons (Fsp3) is 0.412. The number of benzene rings is 1. The van der Waals surface area contributed by atoms with Crippen LogP contribution in [0.25, 0.3) is 11.3 Å². The number of rotatable bonds is 7. The van der Waals surface area contributed by atoms with Crippen molar-refractivity contribution in [2.24, 2.45) is 0 Å². The number of methoxy groups -OCH3 is 1. The van der Waals surface area contributed by atoms with Crippen LogP contribution in [0.5, 0.6) is 5.75 Å². The second-order valence-corrected chi connectivity index (χ2v) is 5.04. The summed E-state index contributed by atoms with van der Waals surface area (Å²) in [5.74, 6) is 1.27. The van der Waals surface area contributed by atoms with Crippen molar-refractivity contribution in [3.05, 3.63) is 36.0 Å². The molecule has 0 saturated heterocycles. The molecule has 1 heterocycles. The Labute approximate surface area is 130 Å². The third kappa shape index (κ3) is 3.67. The third-order valence-electron chi connectivity index (χ3n) is 3.55. The van der Waals surface area contributed by atoms with Crippen molar-refractivity contribution in [2.45, 2.75) is 26.7 Å². The predicted octanol–water partition coefficient (Wildman–Crippen LogP) is 3.61. The topological polar surface area (TPSA) is 55.6 Å². The standard InChI is InChI=1S/C17H22N2O3/c1-4-6-11-19(5-2)17(20)15-12-16(22-18-15)13-7-9-14(21-3)10-8-13/h7-10,12H,4-6,11H2,1-3H3. The summed E-state index contributed by atoms with van der Waals surface area (Å²) >= 11 is 0. The fourth-order valence-corrected chi connectivity index (χ4v) is 2.18. The van der Waals surface area contributed by atoms with Crippen molar-refractivity contribution in [1.82, 2.24) is 10.1 Å². The van der Waals surface area contributed by atoms with Gasteiger partial charge in [-0.15, -0.1) is 0 Å². The molecule has 22 heavy (non-hydrogen) atoms. The van der Waals surface area contributed by atoms with E-state index in [4.69, 9.17) is 9.26 Å². The van der Waals surface area contributed by atoms with Crippen LogP contribution in [0.1, 0.15) is 37.2 Å². The first-order chi connectivity index (χ1) is 10.7. The maximum Gasteiger partial charge on any atom is 0.276 e. The summed E-state index contributed by atoms with van der Waals surface area (Å²) in [6, 6.07) is 9.14. The highest BCUT2D eigenvalue weighted by Gasteiger charge is 2.18. The summed E-state index contributed by atoms with van der Waals surface area (Å²) in [4.78, 5) is 14.2. The van der Waals surface area contributed by atoms with Crippen molar-refractivity contribution >= 4 is 5.91 Å². The van der Waals surface area contributed by atoms with Gasteiger partial charge in [-0.3, -0.25) is 4.79 Å². The Balaban J connectivity index is 2.13. The molecular weight excluding hydrogens is 280 g/mol. The zero-order valence-electron chi connectivity index (χ0n) is 13.3. The van der Waals surface area contributed by atoms with Crippen molar-refractivity contribution < 1.29 is 14.1 Å². The van der Waals surface area contributed by atoms with Gasteiger partial charge in [-0.25, -0.2) is 0 Å². The molecule has 118 valence electrons. The molecule has 2 rings (SSSR count). The van der Waals surface area contributed by atoms with E-state index in [1.54, 1.807) is 18.1 Å². The summed E-state index contributed by atoms with van der Waals surface area (Å²) in [5.41, 5.74) is 1.22. The van der Waals surface area contributed by atoms with Gasteiger partial charge in [0.1, 0.15) is 5.75 Å². The van der Waals surface area contributed by atoms with Gasteiger partial charge in [-0.1, -0.05) is 18.5 Å². The van der Waals surface area contributed by atoms with Gasteiger partial charge < -0.3 is 14.2 Å². The normalized spacial score (nSPS) is 10.5. The monoisotopic (exact) mass is 302 g/mol. The summed E-state index contributed by atoms with van der Waals surface area (Å²) in [7, 11) is 1.62. The summed E-state index contributed by atoms with van der Waals surface area (Å²) in [6.45, 7) is 5.49. The van der Waals surface area contributed by atoms with Crippen LogP contribution in [-0.4, -0.2) is 36.2 Å². The Morgan fingerprint density at radius 2 is 2.00 bits per heavy atom. The van der Waals surface area contributed by atoms with Gasteiger partial charge in [0, 0.05) is 24.7 Å². The average molecular weight is 302 g/mol. The van der Waals surface area contributed by atoms with Gasteiger partial charge in [0.25, 0.3) is 5.91 Å². The molecule has 0 fully saturated rings. The second kappa shape index (κ2) is 7.64. The first-order valence-corrected chi connectivity index (χ1v) is 7.60. The number of aromatic nitrogens is 1. The molecule has 0 saturated carbocycles. The second-order valence-electron chi connectivity index (χ2n) is 5.04. The number of hydrogen-bond acceptors (Lipinski definition) is 4. The first-order valence-electron chi connectivity index (χ1n) is 7.60. The number of unbranched alkanes of at least 4 members (excludes halogenated alkanes) is 1. The van der Waals surface area contributed by atoms with Crippen molar-refractivity contribution in [2.75, 3.05) is 20.2 Å². The molecule has 2 aromatic rings. The van der Waals surface area contributed by atoms with Crippen LogP contribution in [0.15, 0.2) is 34.9 Å². The van der Waals surface area contributed by atoms with Crippen LogP contribution in [0.4, 0.5) is 0 Å². The minimum absolute atomic E-state index is 0.0838. The highest BCUT2D eigenvalue weighted by molar-refractivity contribution is 5.93. The molecule has 1 aromatic carbocycles.